The van der Waals surface area contributed by atoms with Crippen LogP contribution in [-0.2, 0) is 13.2 Å². The first-order valence-corrected chi connectivity index (χ1v) is 6.75. The molecule has 2 aromatic carbocycles. The molecule has 2 rings (SSSR count). The van der Waals surface area contributed by atoms with Gasteiger partial charge in [-0.05, 0) is 45.3 Å². The first-order chi connectivity index (χ1) is 9.99. The molecule has 0 atom stereocenters. The number of rotatable bonds is 5. The van der Waals surface area contributed by atoms with Crippen LogP contribution in [0.4, 0.5) is 10.1 Å². The summed E-state index contributed by atoms with van der Waals surface area (Å²) in [6.45, 7) is -0.0926. The number of nitro groups is 1. The van der Waals surface area contributed by atoms with E-state index < -0.39 is 10.7 Å². The van der Waals surface area contributed by atoms with Gasteiger partial charge in [0.2, 0.25) is 0 Å². The van der Waals surface area contributed by atoms with E-state index in [0.29, 0.717) is 15.8 Å². The summed E-state index contributed by atoms with van der Waals surface area (Å²) in [5.74, 6) is -0.184. The van der Waals surface area contributed by atoms with E-state index in [2.05, 4.69) is 15.9 Å². The van der Waals surface area contributed by atoms with Gasteiger partial charge in [-0.1, -0.05) is 6.07 Å². The van der Waals surface area contributed by atoms with Gasteiger partial charge in [-0.15, -0.1) is 0 Å². The van der Waals surface area contributed by atoms with Gasteiger partial charge in [0.05, 0.1) is 22.1 Å². The Morgan fingerprint density at radius 2 is 2.00 bits per heavy atom. The Morgan fingerprint density at radius 3 is 2.62 bits per heavy atom. The monoisotopic (exact) mass is 355 g/mol. The van der Waals surface area contributed by atoms with E-state index in [-0.39, 0.29) is 18.9 Å². The third-order valence-corrected chi connectivity index (χ3v) is 3.35. The van der Waals surface area contributed by atoms with Crippen LogP contribution in [0.25, 0.3) is 0 Å². The minimum absolute atomic E-state index is 0.00429. The van der Waals surface area contributed by atoms with Gasteiger partial charge in [0.15, 0.2) is 0 Å². The minimum Gasteiger partial charge on any atom is -0.488 e. The van der Waals surface area contributed by atoms with Gasteiger partial charge in [-0.2, -0.15) is 0 Å². The number of halogens is 2. The quantitative estimate of drug-likeness (QED) is 0.657. The standard InChI is InChI=1S/C14H11BrFNO4/c15-13-5-9(7-18)1-2-14(13)21-8-10-3-11(16)6-12(4-10)17(19)20/h1-6,18H,7-8H2. The smallest absolute Gasteiger partial charge is 0.272 e. The van der Waals surface area contributed by atoms with Crippen LogP contribution in [0.5, 0.6) is 5.75 Å². The minimum atomic E-state index is -0.683. The molecule has 0 saturated heterocycles. The van der Waals surface area contributed by atoms with Crippen LogP contribution in [0.2, 0.25) is 0 Å². The maximum Gasteiger partial charge on any atom is 0.272 e. The predicted molar refractivity (Wildman–Crippen MR) is 77.5 cm³/mol. The number of ether oxygens (including phenoxy) is 1. The molecule has 0 radical (unpaired) electrons. The highest BCUT2D eigenvalue weighted by atomic mass is 79.9. The van der Waals surface area contributed by atoms with E-state index >= 15 is 0 Å². The van der Waals surface area contributed by atoms with Gasteiger partial charge in [-0.3, -0.25) is 10.1 Å². The van der Waals surface area contributed by atoms with E-state index in [1.807, 2.05) is 0 Å². The molecule has 1 N–H and O–H groups in total. The lowest BCUT2D eigenvalue weighted by Crippen LogP contribution is -1.99. The van der Waals surface area contributed by atoms with E-state index in [4.69, 9.17) is 9.84 Å². The lowest BCUT2D eigenvalue weighted by Gasteiger charge is -2.09. The Morgan fingerprint density at radius 1 is 1.24 bits per heavy atom. The molecule has 0 unspecified atom stereocenters. The molecule has 0 spiro atoms. The molecule has 0 fully saturated rings. The van der Waals surface area contributed by atoms with Crippen molar-refractivity contribution in [2.75, 3.05) is 0 Å². The van der Waals surface area contributed by atoms with Gasteiger partial charge in [0.1, 0.15) is 18.2 Å². The fraction of sp³-hybridized carbons (Fsp3) is 0.143. The van der Waals surface area contributed by atoms with Gasteiger partial charge >= 0.3 is 0 Å². The summed E-state index contributed by atoms with van der Waals surface area (Å²) in [6, 6.07) is 8.35. The van der Waals surface area contributed by atoms with Crippen molar-refractivity contribution >= 4 is 21.6 Å². The average molecular weight is 356 g/mol. The summed E-state index contributed by atoms with van der Waals surface area (Å²) in [7, 11) is 0. The Hall–Kier alpha value is -1.99. The third-order valence-electron chi connectivity index (χ3n) is 2.73. The van der Waals surface area contributed by atoms with Crippen molar-refractivity contribution in [3.8, 4) is 5.75 Å². The van der Waals surface area contributed by atoms with Crippen LogP contribution in [0.15, 0.2) is 40.9 Å². The summed E-state index contributed by atoms with van der Waals surface area (Å²) >= 11 is 3.30. The van der Waals surface area contributed by atoms with Gasteiger partial charge < -0.3 is 9.84 Å². The second kappa shape index (κ2) is 6.64. The SMILES string of the molecule is O=[N+]([O-])c1cc(F)cc(COc2ccc(CO)cc2Br)c1. The van der Waals surface area contributed by atoms with Crippen LogP contribution in [0, 0.1) is 15.9 Å². The first-order valence-electron chi connectivity index (χ1n) is 5.95. The lowest BCUT2D eigenvalue weighted by atomic mass is 10.2. The topological polar surface area (TPSA) is 72.6 Å². The zero-order valence-corrected chi connectivity index (χ0v) is 12.3. The van der Waals surface area contributed by atoms with Crippen LogP contribution in [0.3, 0.4) is 0 Å². The van der Waals surface area contributed by atoms with E-state index in [9.17, 15) is 14.5 Å². The second-order valence-corrected chi connectivity index (χ2v) is 5.14. The zero-order valence-electron chi connectivity index (χ0n) is 10.8. The highest BCUT2D eigenvalue weighted by Crippen LogP contribution is 2.27. The number of aliphatic hydroxyl groups excluding tert-OH is 1. The van der Waals surface area contributed by atoms with Gasteiger partial charge in [0.25, 0.3) is 5.69 Å². The van der Waals surface area contributed by atoms with Crippen molar-refractivity contribution < 1.29 is 19.2 Å². The zero-order chi connectivity index (χ0) is 15.4. The highest BCUT2D eigenvalue weighted by Gasteiger charge is 2.11. The van der Waals surface area contributed by atoms with Crippen molar-refractivity contribution in [1.29, 1.82) is 0 Å². The Bertz CT molecular complexity index is 678. The molecular weight excluding hydrogens is 345 g/mol. The molecule has 2 aromatic rings. The molecule has 0 bridgehead atoms. The lowest BCUT2D eigenvalue weighted by molar-refractivity contribution is -0.385. The molecule has 0 saturated carbocycles. The van der Waals surface area contributed by atoms with Crippen molar-refractivity contribution in [3.63, 3.8) is 0 Å². The normalized spacial score (nSPS) is 10.4. The summed E-state index contributed by atoms with van der Waals surface area (Å²) in [5, 5.41) is 19.7. The third kappa shape index (κ3) is 3.99. The first kappa shape index (κ1) is 15.4. The second-order valence-electron chi connectivity index (χ2n) is 4.29. The van der Waals surface area contributed by atoms with Crippen LogP contribution in [0.1, 0.15) is 11.1 Å². The molecule has 0 amide bonds. The Balaban J connectivity index is 2.14. The Kier molecular flexibility index (Phi) is 4.87. The largest absolute Gasteiger partial charge is 0.488 e. The molecule has 0 aliphatic carbocycles. The summed E-state index contributed by atoms with van der Waals surface area (Å²) in [6.07, 6.45) is 0. The Labute approximate surface area is 128 Å². The van der Waals surface area contributed by atoms with Gasteiger partial charge in [0, 0.05) is 6.07 Å². The predicted octanol–water partition coefficient (Wildman–Crippen LogP) is 3.57. The molecule has 7 heteroatoms. The molecule has 0 aliphatic rings. The summed E-state index contributed by atoms with van der Waals surface area (Å²) < 4.78 is 19.4. The number of nitrogens with zero attached hydrogens (tertiary/aromatic N) is 1. The molecule has 0 aliphatic heterocycles. The van der Waals surface area contributed by atoms with E-state index in [0.717, 1.165) is 11.6 Å². The maximum atomic E-state index is 13.3. The highest BCUT2D eigenvalue weighted by molar-refractivity contribution is 9.10. The van der Waals surface area contributed by atoms with Crippen molar-refractivity contribution in [1.82, 2.24) is 0 Å². The molecule has 110 valence electrons. The molecule has 0 aromatic heterocycles. The van der Waals surface area contributed by atoms with Gasteiger partial charge in [-0.25, -0.2) is 4.39 Å². The van der Waals surface area contributed by atoms with Crippen molar-refractivity contribution in [3.05, 3.63) is 67.9 Å². The molecule has 5 nitrogen and oxygen atoms in total. The van der Waals surface area contributed by atoms with Crippen LogP contribution in [-0.4, -0.2) is 10.0 Å². The van der Waals surface area contributed by atoms with Crippen LogP contribution >= 0.6 is 15.9 Å². The van der Waals surface area contributed by atoms with E-state index in [1.165, 1.54) is 12.1 Å². The average Bonchev–Trinajstić information content (AvgIpc) is 2.45. The summed E-state index contributed by atoms with van der Waals surface area (Å²) in [5.41, 5.74) is 0.763. The fourth-order valence-corrected chi connectivity index (χ4v) is 2.28. The number of non-ortho nitro benzene ring substituents is 1. The number of aliphatic hydroxyl groups is 1. The number of benzene rings is 2. The molecule has 21 heavy (non-hydrogen) atoms. The van der Waals surface area contributed by atoms with E-state index in [1.54, 1.807) is 18.2 Å². The molecular formula is C14H11BrFNO4. The van der Waals surface area contributed by atoms with Crippen molar-refractivity contribution in [2.45, 2.75) is 13.2 Å². The number of nitro benzene ring substituents is 1. The summed E-state index contributed by atoms with van der Waals surface area (Å²) in [4.78, 5) is 10.0. The fourth-order valence-electron chi connectivity index (χ4n) is 1.74. The molecule has 0 heterocycles. The maximum absolute atomic E-state index is 13.3. The van der Waals surface area contributed by atoms with Crippen molar-refractivity contribution in [2.24, 2.45) is 0 Å². The van der Waals surface area contributed by atoms with Crippen LogP contribution < -0.4 is 4.74 Å². The number of hydrogen-bond acceptors (Lipinski definition) is 4. The number of hydrogen-bond donors (Lipinski definition) is 1.